The SMILES string of the molecule is CSc1cccc(N2CCCSCC2)c1C#N. The lowest BCUT2D eigenvalue weighted by atomic mass is 10.1. The molecule has 2 rings (SSSR count). The van der Waals surface area contributed by atoms with Crippen LogP contribution in [0, 0.1) is 11.3 Å². The molecule has 4 heteroatoms. The van der Waals surface area contributed by atoms with E-state index in [0.29, 0.717) is 0 Å². The Bertz CT molecular complexity index is 418. The van der Waals surface area contributed by atoms with Gasteiger partial charge in [-0.1, -0.05) is 6.07 Å². The second-order valence-electron chi connectivity index (χ2n) is 3.92. The third kappa shape index (κ3) is 2.91. The van der Waals surface area contributed by atoms with E-state index >= 15 is 0 Å². The van der Waals surface area contributed by atoms with Gasteiger partial charge in [0.05, 0.1) is 11.3 Å². The van der Waals surface area contributed by atoms with Crippen LogP contribution in [0.15, 0.2) is 23.1 Å². The molecule has 1 fully saturated rings. The maximum atomic E-state index is 9.34. The molecule has 0 bridgehead atoms. The summed E-state index contributed by atoms with van der Waals surface area (Å²) in [5.74, 6) is 2.40. The van der Waals surface area contributed by atoms with Crippen LogP contribution in [-0.4, -0.2) is 30.9 Å². The van der Waals surface area contributed by atoms with Gasteiger partial charge >= 0.3 is 0 Å². The molecule has 2 nitrogen and oxygen atoms in total. The molecule has 0 aliphatic carbocycles. The number of hydrogen-bond donors (Lipinski definition) is 0. The fourth-order valence-electron chi connectivity index (χ4n) is 2.05. The third-order valence-electron chi connectivity index (χ3n) is 2.90. The Kier molecular flexibility index (Phi) is 4.64. The summed E-state index contributed by atoms with van der Waals surface area (Å²) >= 11 is 3.66. The first kappa shape index (κ1) is 12.7. The summed E-state index contributed by atoms with van der Waals surface area (Å²) in [4.78, 5) is 3.44. The highest BCUT2D eigenvalue weighted by atomic mass is 32.2. The van der Waals surface area contributed by atoms with Gasteiger partial charge in [-0.15, -0.1) is 11.8 Å². The highest BCUT2D eigenvalue weighted by Gasteiger charge is 2.15. The molecule has 90 valence electrons. The number of anilines is 1. The topological polar surface area (TPSA) is 27.0 Å². The largest absolute Gasteiger partial charge is 0.370 e. The van der Waals surface area contributed by atoms with Crippen molar-refractivity contribution in [1.82, 2.24) is 0 Å². The van der Waals surface area contributed by atoms with Gasteiger partial charge < -0.3 is 4.90 Å². The standard InChI is InChI=1S/C13H16N2S2/c1-16-13-5-2-4-12(11(13)10-14)15-6-3-8-17-9-7-15/h2,4-5H,3,6-9H2,1H3. The van der Waals surface area contributed by atoms with Crippen LogP contribution in [0.2, 0.25) is 0 Å². The van der Waals surface area contributed by atoms with Crippen LogP contribution < -0.4 is 4.90 Å². The molecule has 1 aromatic carbocycles. The van der Waals surface area contributed by atoms with Crippen LogP contribution >= 0.6 is 23.5 Å². The normalized spacial score (nSPS) is 16.4. The van der Waals surface area contributed by atoms with Gasteiger partial charge in [-0.25, -0.2) is 0 Å². The predicted molar refractivity (Wildman–Crippen MR) is 77.1 cm³/mol. The molecule has 1 aliphatic heterocycles. The van der Waals surface area contributed by atoms with E-state index in [9.17, 15) is 5.26 Å². The van der Waals surface area contributed by atoms with E-state index in [1.807, 2.05) is 24.1 Å². The van der Waals surface area contributed by atoms with E-state index in [2.05, 4.69) is 23.1 Å². The highest BCUT2D eigenvalue weighted by molar-refractivity contribution is 7.99. The van der Waals surface area contributed by atoms with E-state index in [-0.39, 0.29) is 0 Å². The summed E-state index contributed by atoms with van der Waals surface area (Å²) in [5, 5.41) is 9.34. The zero-order valence-electron chi connectivity index (χ0n) is 9.98. The molecule has 0 aromatic heterocycles. The van der Waals surface area contributed by atoms with Crippen molar-refractivity contribution in [1.29, 1.82) is 5.26 Å². The van der Waals surface area contributed by atoms with Crippen molar-refractivity contribution in [3.8, 4) is 6.07 Å². The third-order valence-corrected chi connectivity index (χ3v) is 4.73. The van der Waals surface area contributed by atoms with E-state index in [0.717, 1.165) is 35.0 Å². The van der Waals surface area contributed by atoms with Gasteiger partial charge in [-0.2, -0.15) is 17.0 Å². The van der Waals surface area contributed by atoms with E-state index < -0.39 is 0 Å². The molecule has 0 unspecified atom stereocenters. The Morgan fingerprint density at radius 1 is 1.35 bits per heavy atom. The minimum Gasteiger partial charge on any atom is -0.370 e. The van der Waals surface area contributed by atoms with Crippen molar-refractivity contribution in [2.75, 3.05) is 35.8 Å². The summed E-state index contributed by atoms with van der Waals surface area (Å²) in [7, 11) is 0. The van der Waals surface area contributed by atoms with Gasteiger partial charge in [0.1, 0.15) is 6.07 Å². The number of benzene rings is 1. The first-order valence-electron chi connectivity index (χ1n) is 5.76. The molecular formula is C13H16N2S2. The maximum Gasteiger partial charge on any atom is 0.103 e. The van der Waals surface area contributed by atoms with Crippen LogP contribution in [0.25, 0.3) is 0 Å². The van der Waals surface area contributed by atoms with Crippen LogP contribution in [0.1, 0.15) is 12.0 Å². The van der Waals surface area contributed by atoms with Crippen molar-refractivity contribution < 1.29 is 0 Å². The second-order valence-corrected chi connectivity index (χ2v) is 5.99. The van der Waals surface area contributed by atoms with Gasteiger partial charge in [0.2, 0.25) is 0 Å². The van der Waals surface area contributed by atoms with Crippen LogP contribution in [0.4, 0.5) is 5.69 Å². The number of nitrogens with zero attached hydrogens (tertiary/aromatic N) is 2. The van der Waals surface area contributed by atoms with Crippen molar-refractivity contribution in [3.63, 3.8) is 0 Å². The first-order chi connectivity index (χ1) is 8.36. The summed E-state index contributed by atoms with van der Waals surface area (Å²) in [5.41, 5.74) is 1.95. The fourth-order valence-corrected chi connectivity index (χ4v) is 3.51. The van der Waals surface area contributed by atoms with Gasteiger partial charge in [-0.05, 0) is 30.6 Å². The molecule has 0 N–H and O–H groups in total. The average Bonchev–Trinajstić information content (AvgIpc) is 2.66. The molecule has 0 amide bonds. The monoisotopic (exact) mass is 264 g/mol. The second kappa shape index (κ2) is 6.23. The van der Waals surface area contributed by atoms with Crippen molar-refractivity contribution >= 4 is 29.2 Å². The molecule has 1 aliphatic rings. The quantitative estimate of drug-likeness (QED) is 0.766. The van der Waals surface area contributed by atoms with Crippen LogP contribution in [-0.2, 0) is 0 Å². The Hall–Kier alpha value is -0.790. The van der Waals surface area contributed by atoms with E-state index in [1.165, 1.54) is 12.2 Å². The molecule has 17 heavy (non-hydrogen) atoms. The smallest absolute Gasteiger partial charge is 0.103 e. The van der Waals surface area contributed by atoms with Crippen molar-refractivity contribution in [3.05, 3.63) is 23.8 Å². The Morgan fingerprint density at radius 3 is 3.00 bits per heavy atom. The average molecular weight is 264 g/mol. The summed E-state index contributed by atoms with van der Waals surface area (Å²) in [6, 6.07) is 8.52. The van der Waals surface area contributed by atoms with E-state index in [4.69, 9.17) is 0 Å². The van der Waals surface area contributed by atoms with Crippen molar-refractivity contribution in [2.24, 2.45) is 0 Å². The number of rotatable bonds is 2. The lowest BCUT2D eigenvalue weighted by Crippen LogP contribution is -2.26. The Labute approximate surface area is 111 Å². The van der Waals surface area contributed by atoms with Crippen LogP contribution in [0.3, 0.4) is 0 Å². The molecule has 0 spiro atoms. The molecular weight excluding hydrogens is 248 g/mol. The van der Waals surface area contributed by atoms with Gasteiger partial charge in [0.25, 0.3) is 0 Å². The molecule has 0 radical (unpaired) electrons. The molecule has 1 aromatic rings. The fraction of sp³-hybridized carbons (Fsp3) is 0.462. The number of thioether (sulfide) groups is 2. The highest BCUT2D eigenvalue weighted by Crippen LogP contribution is 2.30. The van der Waals surface area contributed by atoms with Gasteiger partial charge in [0, 0.05) is 23.7 Å². The number of nitriles is 1. The Morgan fingerprint density at radius 2 is 2.24 bits per heavy atom. The minimum absolute atomic E-state index is 0.840. The van der Waals surface area contributed by atoms with Crippen LogP contribution in [0.5, 0.6) is 0 Å². The molecule has 0 atom stereocenters. The lowest BCUT2D eigenvalue weighted by Gasteiger charge is -2.24. The summed E-state index contributed by atoms with van der Waals surface area (Å²) in [6.07, 6.45) is 3.23. The van der Waals surface area contributed by atoms with Gasteiger partial charge in [-0.3, -0.25) is 0 Å². The minimum atomic E-state index is 0.840. The van der Waals surface area contributed by atoms with Gasteiger partial charge in [0.15, 0.2) is 0 Å². The lowest BCUT2D eigenvalue weighted by molar-refractivity contribution is 0.813. The summed E-state index contributed by atoms with van der Waals surface area (Å²) < 4.78 is 0. The Balaban J connectivity index is 2.33. The zero-order chi connectivity index (χ0) is 12.1. The summed E-state index contributed by atoms with van der Waals surface area (Å²) in [6.45, 7) is 2.12. The maximum absolute atomic E-state index is 9.34. The first-order valence-corrected chi connectivity index (χ1v) is 8.14. The number of hydrogen-bond acceptors (Lipinski definition) is 4. The predicted octanol–water partition coefficient (Wildman–Crippen LogP) is 3.22. The zero-order valence-corrected chi connectivity index (χ0v) is 11.6. The van der Waals surface area contributed by atoms with Crippen molar-refractivity contribution in [2.45, 2.75) is 11.3 Å². The van der Waals surface area contributed by atoms with E-state index in [1.54, 1.807) is 11.8 Å². The molecule has 1 heterocycles. The molecule has 1 saturated heterocycles. The molecule has 0 saturated carbocycles.